The zero-order chi connectivity index (χ0) is 17.4. The number of ether oxygens (including phenoxy) is 1. The van der Waals surface area contributed by atoms with E-state index in [-0.39, 0.29) is 11.8 Å². The molecule has 0 aliphatic carbocycles. The summed E-state index contributed by atoms with van der Waals surface area (Å²) in [5.41, 5.74) is 2.85. The van der Waals surface area contributed by atoms with Gasteiger partial charge in [0.25, 0.3) is 0 Å². The Morgan fingerprint density at radius 1 is 1.24 bits per heavy atom. The van der Waals surface area contributed by atoms with Crippen LogP contribution in [0.2, 0.25) is 5.02 Å². The van der Waals surface area contributed by atoms with E-state index in [1.54, 1.807) is 11.8 Å². The lowest BCUT2D eigenvalue weighted by Crippen LogP contribution is -2.24. The summed E-state index contributed by atoms with van der Waals surface area (Å²) in [4.78, 5) is 12.3. The SMILES string of the molecule is COc1ccc(-n2ncc3c2NC(=O)CC3c2cccc(Cl)c2)cc1. The van der Waals surface area contributed by atoms with E-state index in [9.17, 15) is 4.79 Å². The van der Waals surface area contributed by atoms with Gasteiger partial charge in [0.2, 0.25) is 5.91 Å². The van der Waals surface area contributed by atoms with E-state index in [1.807, 2.05) is 54.7 Å². The smallest absolute Gasteiger partial charge is 0.226 e. The van der Waals surface area contributed by atoms with Crippen molar-refractivity contribution in [3.05, 3.63) is 70.9 Å². The minimum atomic E-state index is -0.0607. The van der Waals surface area contributed by atoms with Gasteiger partial charge in [-0.05, 0) is 42.0 Å². The first-order valence-electron chi connectivity index (χ1n) is 7.93. The molecule has 5 nitrogen and oxygen atoms in total. The maximum absolute atomic E-state index is 12.3. The highest BCUT2D eigenvalue weighted by atomic mass is 35.5. The molecule has 2 aromatic carbocycles. The third-order valence-corrected chi connectivity index (χ3v) is 4.62. The van der Waals surface area contributed by atoms with E-state index in [4.69, 9.17) is 16.3 Å². The Morgan fingerprint density at radius 2 is 2.04 bits per heavy atom. The summed E-state index contributed by atoms with van der Waals surface area (Å²) in [7, 11) is 1.63. The molecule has 0 radical (unpaired) electrons. The second-order valence-corrected chi connectivity index (χ2v) is 6.35. The predicted octanol–water partition coefficient (Wildman–Crippen LogP) is 4.01. The van der Waals surface area contributed by atoms with Crippen LogP contribution in [0.1, 0.15) is 23.5 Å². The van der Waals surface area contributed by atoms with Crippen molar-refractivity contribution in [1.82, 2.24) is 9.78 Å². The molecule has 1 aromatic heterocycles. The van der Waals surface area contributed by atoms with Gasteiger partial charge in [-0.25, -0.2) is 4.68 Å². The minimum absolute atomic E-state index is 0.0345. The van der Waals surface area contributed by atoms with Crippen LogP contribution in [0.5, 0.6) is 5.75 Å². The van der Waals surface area contributed by atoms with E-state index in [0.717, 1.165) is 22.6 Å². The summed E-state index contributed by atoms with van der Waals surface area (Å²) >= 11 is 6.12. The Kier molecular flexibility index (Phi) is 3.93. The van der Waals surface area contributed by atoms with Gasteiger partial charge in [-0.3, -0.25) is 4.79 Å². The first kappa shape index (κ1) is 15.7. The first-order valence-corrected chi connectivity index (χ1v) is 8.31. The summed E-state index contributed by atoms with van der Waals surface area (Å²) in [6.45, 7) is 0. The Morgan fingerprint density at radius 3 is 2.76 bits per heavy atom. The van der Waals surface area contributed by atoms with Gasteiger partial charge in [0.15, 0.2) is 0 Å². The fraction of sp³-hybridized carbons (Fsp3) is 0.158. The van der Waals surface area contributed by atoms with E-state index < -0.39 is 0 Å². The van der Waals surface area contributed by atoms with Crippen molar-refractivity contribution in [2.75, 3.05) is 12.4 Å². The molecule has 1 atom stereocenters. The van der Waals surface area contributed by atoms with Gasteiger partial charge in [-0.2, -0.15) is 5.10 Å². The highest BCUT2D eigenvalue weighted by Crippen LogP contribution is 2.38. The highest BCUT2D eigenvalue weighted by Gasteiger charge is 2.30. The number of aromatic nitrogens is 2. The molecule has 0 bridgehead atoms. The summed E-state index contributed by atoms with van der Waals surface area (Å²) < 4.78 is 6.93. The number of hydrogen-bond donors (Lipinski definition) is 1. The molecule has 25 heavy (non-hydrogen) atoms. The lowest BCUT2D eigenvalue weighted by molar-refractivity contribution is -0.116. The molecule has 0 saturated heterocycles. The molecular weight excluding hydrogens is 338 g/mol. The number of nitrogens with zero attached hydrogens (tertiary/aromatic N) is 2. The highest BCUT2D eigenvalue weighted by molar-refractivity contribution is 6.30. The molecule has 0 spiro atoms. The summed E-state index contributed by atoms with van der Waals surface area (Å²) in [5.74, 6) is 1.37. The van der Waals surface area contributed by atoms with Crippen molar-refractivity contribution < 1.29 is 9.53 Å². The van der Waals surface area contributed by atoms with Crippen LogP contribution >= 0.6 is 11.6 Å². The Bertz CT molecular complexity index is 934. The number of halogens is 1. The normalized spacial score (nSPS) is 16.2. The van der Waals surface area contributed by atoms with Gasteiger partial charge in [0.05, 0.1) is 19.0 Å². The number of anilines is 1. The maximum atomic E-state index is 12.3. The van der Waals surface area contributed by atoms with E-state index in [1.165, 1.54) is 0 Å². The second-order valence-electron chi connectivity index (χ2n) is 5.92. The standard InChI is InChI=1S/C19H16ClN3O2/c1-25-15-7-5-14(6-8-15)23-19-17(11-21-23)16(10-18(24)22-19)12-3-2-4-13(20)9-12/h2-9,11,16H,10H2,1H3,(H,22,24). The van der Waals surface area contributed by atoms with Gasteiger partial charge >= 0.3 is 0 Å². The molecule has 3 aromatic rings. The first-order chi connectivity index (χ1) is 12.2. The molecular formula is C19H16ClN3O2. The number of nitrogens with one attached hydrogen (secondary N) is 1. The van der Waals surface area contributed by atoms with Gasteiger partial charge in [0, 0.05) is 22.9 Å². The Labute approximate surface area is 150 Å². The third kappa shape index (κ3) is 2.87. The second kappa shape index (κ2) is 6.26. The third-order valence-electron chi connectivity index (χ3n) is 4.39. The van der Waals surface area contributed by atoms with Crippen molar-refractivity contribution in [3.63, 3.8) is 0 Å². The number of amides is 1. The number of rotatable bonds is 3. The fourth-order valence-corrected chi connectivity index (χ4v) is 3.36. The molecule has 1 aliphatic rings. The summed E-state index contributed by atoms with van der Waals surface area (Å²) in [6, 6.07) is 15.2. The van der Waals surface area contributed by atoms with Crippen molar-refractivity contribution in [2.24, 2.45) is 0 Å². The van der Waals surface area contributed by atoms with Crippen molar-refractivity contribution in [3.8, 4) is 11.4 Å². The number of hydrogen-bond acceptors (Lipinski definition) is 3. The Balaban J connectivity index is 1.78. The topological polar surface area (TPSA) is 56.1 Å². The number of carbonyl (C=O) groups excluding carboxylic acids is 1. The molecule has 1 unspecified atom stereocenters. The molecule has 126 valence electrons. The van der Waals surface area contributed by atoms with Crippen molar-refractivity contribution in [2.45, 2.75) is 12.3 Å². The van der Waals surface area contributed by atoms with Crippen LogP contribution in [-0.4, -0.2) is 22.8 Å². The quantitative estimate of drug-likeness (QED) is 0.774. The molecule has 2 heterocycles. The van der Waals surface area contributed by atoms with Crippen LogP contribution in [0.3, 0.4) is 0 Å². The molecule has 1 N–H and O–H groups in total. The van der Waals surface area contributed by atoms with Crippen molar-refractivity contribution in [1.29, 1.82) is 0 Å². The molecule has 6 heteroatoms. The number of fused-ring (bicyclic) bond motifs is 1. The molecule has 1 aliphatic heterocycles. The Hall–Kier alpha value is -2.79. The molecule has 0 saturated carbocycles. The monoisotopic (exact) mass is 353 g/mol. The molecule has 1 amide bonds. The minimum Gasteiger partial charge on any atom is -0.497 e. The summed E-state index contributed by atoms with van der Waals surface area (Å²) in [6.07, 6.45) is 2.19. The lowest BCUT2D eigenvalue weighted by Gasteiger charge is -2.24. The zero-order valence-corrected chi connectivity index (χ0v) is 14.3. The largest absolute Gasteiger partial charge is 0.497 e. The number of methoxy groups -OCH3 is 1. The van der Waals surface area contributed by atoms with Crippen LogP contribution < -0.4 is 10.1 Å². The average Bonchev–Trinajstić information content (AvgIpc) is 3.04. The van der Waals surface area contributed by atoms with Crippen LogP contribution in [0.15, 0.2) is 54.7 Å². The zero-order valence-electron chi connectivity index (χ0n) is 13.6. The van der Waals surface area contributed by atoms with Crippen LogP contribution in [0, 0.1) is 0 Å². The number of benzene rings is 2. The van der Waals surface area contributed by atoms with Gasteiger partial charge in [-0.15, -0.1) is 0 Å². The predicted molar refractivity (Wildman–Crippen MR) is 96.7 cm³/mol. The average molecular weight is 354 g/mol. The summed E-state index contributed by atoms with van der Waals surface area (Å²) in [5, 5.41) is 8.09. The van der Waals surface area contributed by atoms with Crippen LogP contribution in [-0.2, 0) is 4.79 Å². The van der Waals surface area contributed by atoms with E-state index in [0.29, 0.717) is 17.3 Å². The van der Waals surface area contributed by atoms with Crippen LogP contribution in [0.4, 0.5) is 5.82 Å². The number of carbonyl (C=O) groups is 1. The van der Waals surface area contributed by atoms with Gasteiger partial charge in [0.1, 0.15) is 11.6 Å². The van der Waals surface area contributed by atoms with E-state index in [2.05, 4.69) is 10.4 Å². The van der Waals surface area contributed by atoms with E-state index >= 15 is 0 Å². The molecule has 0 fully saturated rings. The fourth-order valence-electron chi connectivity index (χ4n) is 3.16. The van der Waals surface area contributed by atoms with Crippen molar-refractivity contribution >= 4 is 23.3 Å². The lowest BCUT2D eigenvalue weighted by atomic mass is 9.87. The molecule has 4 rings (SSSR count). The maximum Gasteiger partial charge on any atom is 0.226 e. The van der Waals surface area contributed by atoms with Gasteiger partial charge in [-0.1, -0.05) is 23.7 Å². The van der Waals surface area contributed by atoms with Crippen LogP contribution in [0.25, 0.3) is 5.69 Å². The van der Waals surface area contributed by atoms with Gasteiger partial charge < -0.3 is 10.1 Å².